The number of nitrogens with zero attached hydrogens (tertiary/aromatic N) is 1. The van der Waals surface area contributed by atoms with Crippen molar-refractivity contribution < 1.29 is 19.2 Å². The van der Waals surface area contributed by atoms with Gasteiger partial charge >= 0.3 is 5.97 Å². The molecule has 0 aromatic heterocycles. The number of halogens is 3. The summed E-state index contributed by atoms with van der Waals surface area (Å²) < 4.78 is 10.5. The first-order chi connectivity index (χ1) is 12.3. The topological polar surface area (TPSA) is 78.7 Å². The van der Waals surface area contributed by atoms with Crippen LogP contribution in [0.1, 0.15) is 6.92 Å². The van der Waals surface area contributed by atoms with E-state index in [4.69, 9.17) is 44.3 Å². The van der Waals surface area contributed by atoms with Crippen LogP contribution >= 0.6 is 46.6 Å². The van der Waals surface area contributed by atoms with Crippen molar-refractivity contribution in [3.63, 3.8) is 0 Å². The highest BCUT2D eigenvalue weighted by Crippen LogP contribution is 2.40. The Labute approximate surface area is 168 Å². The number of benzene rings is 2. The molecule has 0 saturated heterocycles. The average molecular weight is 437 g/mol. The van der Waals surface area contributed by atoms with Crippen molar-refractivity contribution in [1.29, 1.82) is 0 Å². The molecule has 0 atom stereocenters. The Balaban J connectivity index is 2.29. The molecule has 0 amide bonds. The van der Waals surface area contributed by atoms with Gasteiger partial charge in [-0.25, -0.2) is 0 Å². The minimum atomic E-state index is -0.542. The van der Waals surface area contributed by atoms with Gasteiger partial charge in [-0.15, -0.1) is 11.8 Å². The summed E-state index contributed by atoms with van der Waals surface area (Å²) in [7, 11) is 0. The quantitative estimate of drug-likeness (QED) is 0.229. The summed E-state index contributed by atoms with van der Waals surface area (Å²) in [4.78, 5) is 22.4. The minimum Gasteiger partial charge on any atom is -0.465 e. The van der Waals surface area contributed by atoms with Gasteiger partial charge in [0.25, 0.3) is 5.69 Å². The van der Waals surface area contributed by atoms with Crippen LogP contribution in [0.2, 0.25) is 15.1 Å². The Hall–Kier alpha value is -1.67. The predicted octanol–water partition coefficient (Wildman–Crippen LogP) is 6.00. The molecule has 2 rings (SSSR count). The number of rotatable bonds is 7. The van der Waals surface area contributed by atoms with E-state index in [1.54, 1.807) is 6.92 Å². The molecule has 0 N–H and O–H groups in total. The number of carbonyl (C=O) groups excluding carboxylic acids is 1. The molecule has 0 bridgehead atoms. The zero-order chi connectivity index (χ0) is 19.3. The van der Waals surface area contributed by atoms with Crippen molar-refractivity contribution in [2.24, 2.45) is 0 Å². The van der Waals surface area contributed by atoms with Crippen molar-refractivity contribution in [3.05, 3.63) is 55.5 Å². The van der Waals surface area contributed by atoms with Crippen LogP contribution in [0, 0.1) is 10.1 Å². The van der Waals surface area contributed by atoms with Crippen molar-refractivity contribution in [2.75, 3.05) is 12.4 Å². The highest BCUT2D eigenvalue weighted by atomic mass is 35.5. The lowest BCUT2D eigenvalue weighted by molar-refractivity contribution is -0.387. The molecule has 10 heteroatoms. The van der Waals surface area contributed by atoms with E-state index < -0.39 is 10.9 Å². The van der Waals surface area contributed by atoms with Gasteiger partial charge in [0.2, 0.25) is 0 Å². The van der Waals surface area contributed by atoms with E-state index in [0.29, 0.717) is 5.02 Å². The molecule has 26 heavy (non-hydrogen) atoms. The fourth-order valence-corrected chi connectivity index (χ4v) is 3.65. The van der Waals surface area contributed by atoms with E-state index in [-0.39, 0.29) is 44.5 Å². The molecule has 0 unspecified atom stereocenters. The minimum absolute atomic E-state index is 0.0689. The Bertz CT molecular complexity index is 824. The average Bonchev–Trinajstić information content (AvgIpc) is 2.56. The summed E-state index contributed by atoms with van der Waals surface area (Å²) in [6, 6.07) is 7.05. The van der Waals surface area contributed by atoms with Gasteiger partial charge in [-0.05, 0) is 25.1 Å². The molecule has 6 nitrogen and oxygen atoms in total. The molecule has 0 aliphatic rings. The number of esters is 1. The lowest BCUT2D eigenvalue weighted by Crippen LogP contribution is -2.06. The third-order valence-electron chi connectivity index (χ3n) is 2.96. The molecule has 0 radical (unpaired) electrons. The zero-order valence-electron chi connectivity index (χ0n) is 13.3. The molecule has 0 spiro atoms. The van der Waals surface area contributed by atoms with Gasteiger partial charge in [0.1, 0.15) is 5.75 Å². The third-order valence-corrected chi connectivity index (χ3v) is 4.76. The lowest BCUT2D eigenvalue weighted by Gasteiger charge is -2.11. The number of carbonyl (C=O) groups is 1. The van der Waals surface area contributed by atoms with Gasteiger partial charge in [0.15, 0.2) is 5.75 Å². The van der Waals surface area contributed by atoms with Crippen molar-refractivity contribution in [3.8, 4) is 11.5 Å². The number of hydrogen-bond donors (Lipinski definition) is 0. The number of thioether (sulfide) groups is 1. The number of hydrogen-bond acceptors (Lipinski definition) is 6. The summed E-state index contributed by atoms with van der Waals surface area (Å²) in [5, 5.41) is 11.9. The molecular formula is C16H12Cl3NO5S. The van der Waals surface area contributed by atoms with Gasteiger partial charge in [0.05, 0.1) is 32.2 Å². The molecule has 0 aliphatic carbocycles. The van der Waals surface area contributed by atoms with E-state index in [1.165, 1.54) is 30.3 Å². The molecule has 138 valence electrons. The number of nitro benzene ring substituents is 1. The highest BCUT2D eigenvalue weighted by molar-refractivity contribution is 8.00. The summed E-state index contributed by atoms with van der Waals surface area (Å²) in [6.45, 7) is 1.91. The van der Waals surface area contributed by atoms with Gasteiger partial charge in [-0.1, -0.05) is 34.8 Å². The van der Waals surface area contributed by atoms with Gasteiger partial charge < -0.3 is 9.47 Å². The molecule has 2 aromatic carbocycles. The highest BCUT2D eigenvalue weighted by Gasteiger charge is 2.18. The maximum atomic E-state index is 11.5. The lowest BCUT2D eigenvalue weighted by atomic mass is 10.3. The number of nitro groups is 1. The van der Waals surface area contributed by atoms with Crippen LogP contribution in [-0.4, -0.2) is 23.3 Å². The largest absolute Gasteiger partial charge is 0.465 e. The van der Waals surface area contributed by atoms with Gasteiger partial charge in [-0.2, -0.15) is 0 Å². The Morgan fingerprint density at radius 3 is 2.42 bits per heavy atom. The van der Waals surface area contributed by atoms with Gasteiger partial charge in [0, 0.05) is 17.2 Å². The van der Waals surface area contributed by atoms with E-state index in [9.17, 15) is 14.9 Å². The van der Waals surface area contributed by atoms with Crippen LogP contribution in [0.3, 0.4) is 0 Å². The molecule has 0 aliphatic heterocycles. The zero-order valence-corrected chi connectivity index (χ0v) is 16.4. The maximum Gasteiger partial charge on any atom is 0.316 e. The fourth-order valence-electron chi connectivity index (χ4n) is 1.91. The van der Waals surface area contributed by atoms with E-state index in [0.717, 1.165) is 11.8 Å². The Morgan fingerprint density at radius 2 is 1.85 bits per heavy atom. The van der Waals surface area contributed by atoms with Crippen LogP contribution in [0.4, 0.5) is 5.69 Å². The standard InChI is InChI=1S/C16H12Cl3NO5S/c1-2-24-15(21)8-26-14-7-10(3-4-13(14)20(22)23)25-16-11(18)5-9(17)6-12(16)19/h3-7H,2,8H2,1H3. The first-order valence-electron chi connectivity index (χ1n) is 7.21. The summed E-state index contributed by atoms with van der Waals surface area (Å²) >= 11 is 19.0. The third kappa shape index (κ3) is 5.41. The second-order valence-electron chi connectivity index (χ2n) is 4.78. The monoisotopic (exact) mass is 435 g/mol. The van der Waals surface area contributed by atoms with Gasteiger partial charge in [-0.3, -0.25) is 14.9 Å². The van der Waals surface area contributed by atoms with Crippen LogP contribution in [0.5, 0.6) is 11.5 Å². The summed E-state index contributed by atoms with van der Waals surface area (Å²) in [5.41, 5.74) is -0.153. The molecule has 0 saturated carbocycles. The first-order valence-corrected chi connectivity index (χ1v) is 9.33. The molecular weight excluding hydrogens is 425 g/mol. The summed E-state index contributed by atoms with van der Waals surface area (Å²) in [6.07, 6.45) is 0. The van der Waals surface area contributed by atoms with Crippen molar-refractivity contribution in [2.45, 2.75) is 11.8 Å². The first kappa shape index (κ1) is 20.6. The Morgan fingerprint density at radius 1 is 1.19 bits per heavy atom. The molecule has 2 aromatic rings. The van der Waals surface area contributed by atoms with Crippen LogP contribution in [-0.2, 0) is 9.53 Å². The second kappa shape index (κ2) is 9.32. The van der Waals surface area contributed by atoms with E-state index in [2.05, 4.69) is 0 Å². The fraction of sp³-hybridized carbons (Fsp3) is 0.188. The second-order valence-corrected chi connectivity index (χ2v) is 7.05. The molecule has 0 heterocycles. The van der Waals surface area contributed by atoms with Crippen molar-refractivity contribution in [1.82, 2.24) is 0 Å². The predicted molar refractivity (Wildman–Crippen MR) is 102 cm³/mol. The van der Waals surface area contributed by atoms with Crippen LogP contribution in [0.25, 0.3) is 0 Å². The molecule has 0 fully saturated rings. The SMILES string of the molecule is CCOC(=O)CSc1cc(Oc2c(Cl)cc(Cl)cc2Cl)ccc1[N+](=O)[O-]. The van der Waals surface area contributed by atoms with Crippen molar-refractivity contribution >= 4 is 58.2 Å². The smallest absolute Gasteiger partial charge is 0.316 e. The van der Waals surface area contributed by atoms with Crippen LogP contribution < -0.4 is 4.74 Å². The summed E-state index contributed by atoms with van der Waals surface area (Å²) in [5.74, 6) is -0.0939. The normalized spacial score (nSPS) is 10.5. The number of ether oxygens (including phenoxy) is 2. The van der Waals surface area contributed by atoms with E-state index in [1.807, 2.05) is 0 Å². The maximum absolute atomic E-state index is 11.5. The van der Waals surface area contributed by atoms with Crippen LogP contribution in [0.15, 0.2) is 35.2 Å². The van der Waals surface area contributed by atoms with E-state index >= 15 is 0 Å². The Kier molecular flexibility index (Phi) is 7.40.